The maximum Gasteiger partial charge on any atom is 0.0585 e. The number of nitrogens with two attached hydrogens (primary N) is 1. The Hall–Kier alpha value is -0.420. The minimum atomic E-state index is 0.349. The van der Waals surface area contributed by atoms with Gasteiger partial charge < -0.3 is 4.90 Å². The zero-order valence-electron chi connectivity index (χ0n) is 11.2. The standard InChI is InChI=1S/C14H23N3S/c1-9-5-6-18-14(9)13(16-15)10-7-11-3-4-12(8-10)17(11)2/h5-6,10-13,16H,3-4,7-8,15H2,1-2H3. The summed E-state index contributed by atoms with van der Waals surface area (Å²) in [4.78, 5) is 4.03. The van der Waals surface area contributed by atoms with Crippen molar-refractivity contribution in [2.75, 3.05) is 7.05 Å². The third-order valence-electron chi connectivity index (χ3n) is 4.97. The quantitative estimate of drug-likeness (QED) is 0.651. The predicted molar refractivity (Wildman–Crippen MR) is 76.4 cm³/mol. The molecule has 1 aromatic rings. The first-order valence-electron chi connectivity index (χ1n) is 6.92. The van der Waals surface area contributed by atoms with Crippen LogP contribution in [0.1, 0.15) is 42.2 Å². The molecule has 0 saturated carbocycles. The Morgan fingerprint density at radius 1 is 1.39 bits per heavy atom. The molecule has 2 fully saturated rings. The molecule has 2 bridgehead atoms. The van der Waals surface area contributed by atoms with Gasteiger partial charge in [0.15, 0.2) is 0 Å². The van der Waals surface area contributed by atoms with Gasteiger partial charge in [-0.05, 0) is 62.6 Å². The number of piperidine rings is 1. The molecule has 0 spiro atoms. The molecule has 3 nitrogen and oxygen atoms in total. The highest BCUT2D eigenvalue weighted by Gasteiger charge is 2.41. The molecule has 2 aliphatic rings. The molecule has 3 atom stereocenters. The zero-order chi connectivity index (χ0) is 12.7. The minimum absolute atomic E-state index is 0.349. The van der Waals surface area contributed by atoms with E-state index >= 15 is 0 Å². The molecule has 18 heavy (non-hydrogen) atoms. The molecule has 3 heterocycles. The van der Waals surface area contributed by atoms with Gasteiger partial charge in [-0.1, -0.05) is 0 Å². The number of hydrazine groups is 1. The van der Waals surface area contributed by atoms with Crippen LogP contribution in [0.5, 0.6) is 0 Å². The van der Waals surface area contributed by atoms with Crippen molar-refractivity contribution in [3.63, 3.8) is 0 Å². The van der Waals surface area contributed by atoms with E-state index < -0.39 is 0 Å². The highest BCUT2D eigenvalue weighted by atomic mass is 32.1. The monoisotopic (exact) mass is 265 g/mol. The number of hydrogen-bond acceptors (Lipinski definition) is 4. The fourth-order valence-corrected chi connectivity index (χ4v) is 4.93. The lowest BCUT2D eigenvalue weighted by molar-refractivity contribution is 0.113. The van der Waals surface area contributed by atoms with Crippen LogP contribution in [-0.4, -0.2) is 24.0 Å². The summed E-state index contributed by atoms with van der Waals surface area (Å²) in [6.45, 7) is 2.19. The number of aryl methyl sites for hydroxylation is 1. The van der Waals surface area contributed by atoms with Crippen LogP contribution in [0.3, 0.4) is 0 Å². The molecule has 1 aromatic heterocycles. The van der Waals surface area contributed by atoms with Crippen molar-refractivity contribution in [1.29, 1.82) is 0 Å². The maximum absolute atomic E-state index is 5.85. The summed E-state index contributed by atoms with van der Waals surface area (Å²) in [6, 6.07) is 4.12. The van der Waals surface area contributed by atoms with E-state index in [0.717, 1.165) is 12.1 Å². The molecule has 0 radical (unpaired) electrons. The van der Waals surface area contributed by atoms with Crippen LogP contribution in [0.2, 0.25) is 0 Å². The van der Waals surface area contributed by atoms with Crippen LogP contribution >= 0.6 is 11.3 Å². The van der Waals surface area contributed by atoms with Gasteiger partial charge in [0, 0.05) is 17.0 Å². The first kappa shape index (κ1) is 12.6. The van der Waals surface area contributed by atoms with Gasteiger partial charge >= 0.3 is 0 Å². The maximum atomic E-state index is 5.85. The second-order valence-corrected chi connectivity index (χ2v) is 6.84. The average Bonchev–Trinajstić information content (AvgIpc) is 2.84. The van der Waals surface area contributed by atoms with Gasteiger partial charge in [-0.25, -0.2) is 0 Å². The summed E-state index contributed by atoms with van der Waals surface area (Å²) in [5.41, 5.74) is 4.47. The first-order chi connectivity index (χ1) is 8.70. The topological polar surface area (TPSA) is 41.3 Å². The molecule has 100 valence electrons. The third-order valence-corrected chi connectivity index (χ3v) is 6.07. The van der Waals surface area contributed by atoms with Crippen molar-refractivity contribution in [2.24, 2.45) is 11.8 Å². The summed E-state index contributed by atoms with van der Waals surface area (Å²) >= 11 is 1.84. The molecule has 4 heteroatoms. The molecule has 3 rings (SSSR count). The van der Waals surface area contributed by atoms with E-state index in [1.807, 2.05) is 11.3 Å². The van der Waals surface area contributed by atoms with Gasteiger partial charge in [0.1, 0.15) is 0 Å². The van der Waals surface area contributed by atoms with Crippen molar-refractivity contribution in [1.82, 2.24) is 10.3 Å². The molecule has 2 aliphatic heterocycles. The van der Waals surface area contributed by atoms with E-state index in [9.17, 15) is 0 Å². The van der Waals surface area contributed by atoms with Crippen LogP contribution < -0.4 is 11.3 Å². The number of nitrogens with one attached hydrogen (secondary N) is 1. The van der Waals surface area contributed by atoms with Crippen LogP contribution in [0.15, 0.2) is 11.4 Å². The zero-order valence-corrected chi connectivity index (χ0v) is 12.0. The second-order valence-electron chi connectivity index (χ2n) is 5.89. The van der Waals surface area contributed by atoms with Crippen molar-refractivity contribution in [3.8, 4) is 0 Å². The fourth-order valence-electron chi connectivity index (χ4n) is 3.85. The van der Waals surface area contributed by atoms with Crippen molar-refractivity contribution < 1.29 is 0 Å². The Bertz CT molecular complexity index is 403. The fraction of sp³-hybridized carbons (Fsp3) is 0.714. The van der Waals surface area contributed by atoms with Crippen LogP contribution in [-0.2, 0) is 0 Å². The Morgan fingerprint density at radius 2 is 2.06 bits per heavy atom. The Labute approximate surface area is 113 Å². The van der Waals surface area contributed by atoms with Gasteiger partial charge in [0.05, 0.1) is 6.04 Å². The summed E-state index contributed by atoms with van der Waals surface area (Å²) in [5.74, 6) is 6.55. The van der Waals surface area contributed by atoms with Crippen LogP contribution in [0.4, 0.5) is 0 Å². The SMILES string of the molecule is Cc1ccsc1C(NN)C1CC2CCC(C1)N2C. The summed E-state index contributed by atoms with van der Waals surface area (Å²) in [6.07, 6.45) is 5.33. The molecule has 0 amide bonds. The lowest BCUT2D eigenvalue weighted by Gasteiger charge is -2.39. The van der Waals surface area contributed by atoms with Gasteiger partial charge in [-0.15, -0.1) is 11.3 Å². The Morgan fingerprint density at radius 3 is 2.56 bits per heavy atom. The van der Waals surface area contributed by atoms with E-state index in [1.165, 1.54) is 36.1 Å². The molecule has 0 aliphatic carbocycles. The van der Waals surface area contributed by atoms with E-state index in [0.29, 0.717) is 12.0 Å². The van der Waals surface area contributed by atoms with E-state index in [-0.39, 0.29) is 0 Å². The van der Waals surface area contributed by atoms with E-state index in [1.54, 1.807) is 0 Å². The van der Waals surface area contributed by atoms with Crippen molar-refractivity contribution >= 4 is 11.3 Å². The Balaban J connectivity index is 1.80. The lowest BCUT2D eigenvalue weighted by Crippen LogP contribution is -2.45. The van der Waals surface area contributed by atoms with Crippen molar-refractivity contribution in [3.05, 3.63) is 21.9 Å². The van der Waals surface area contributed by atoms with Gasteiger partial charge in [0.2, 0.25) is 0 Å². The number of rotatable bonds is 3. The van der Waals surface area contributed by atoms with E-state index in [2.05, 4.69) is 35.7 Å². The molecule has 0 aromatic carbocycles. The second kappa shape index (κ2) is 4.93. The number of thiophene rings is 1. The normalized spacial score (nSPS) is 33.8. The number of hydrogen-bond donors (Lipinski definition) is 2. The molecular formula is C14H23N3S. The molecule has 3 unspecified atom stereocenters. The number of fused-ring (bicyclic) bond motifs is 2. The largest absolute Gasteiger partial charge is 0.300 e. The number of nitrogens with zero attached hydrogens (tertiary/aromatic N) is 1. The lowest BCUT2D eigenvalue weighted by atomic mass is 9.84. The Kier molecular flexibility index (Phi) is 3.45. The minimum Gasteiger partial charge on any atom is -0.300 e. The van der Waals surface area contributed by atoms with Crippen LogP contribution in [0.25, 0.3) is 0 Å². The van der Waals surface area contributed by atoms with Gasteiger partial charge in [-0.2, -0.15) is 0 Å². The van der Waals surface area contributed by atoms with Gasteiger partial charge in [-0.3, -0.25) is 11.3 Å². The molecule has 2 saturated heterocycles. The third kappa shape index (κ3) is 2.01. The summed E-state index contributed by atoms with van der Waals surface area (Å²) < 4.78 is 0. The van der Waals surface area contributed by atoms with E-state index in [4.69, 9.17) is 5.84 Å². The predicted octanol–water partition coefficient (Wildman–Crippen LogP) is 2.43. The highest BCUT2D eigenvalue weighted by Crippen LogP contribution is 2.43. The van der Waals surface area contributed by atoms with Gasteiger partial charge in [0.25, 0.3) is 0 Å². The average molecular weight is 265 g/mol. The highest BCUT2D eigenvalue weighted by molar-refractivity contribution is 7.10. The molecule has 3 N–H and O–H groups in total. The molecular weight excluding hydrogens is 242 g/mol. The van der Waals surface area contributed by atoms with Crippen molar-refractivity contribution in [2.45, 2.75) is 50.7 Å². The summed E-state index contributed by atoms with van der Waals surface area (Å²) in [5, 5.41) is 2.18. The first-order valence-corrected chi connectivity index (χ1v) is 7.80. The van der Waals surface area contributed by atoms with Crippen LogP contribution in [0, 0.1) is 12.8 Å². The summed E-state index contributed by atoms with van der Waals surface area (Å²) in [7, 11) is 2.29. The smallest absolute Gasteiger partial charge is 0.0585 e.